The van der Waals surface area contributed by atoms with Crippen molar-refractivity contribution in [3.05, 3.63) is 65.3 Å². The molecule has 0 bridgehead atoms. The van der Waals surface area contributed by atoms with Crippen molar-refractivity contribution in [3.8, 4) is 0 Å². The van der Waals surface area contributed by atoms with Crippen LogP contribution in [0.1, 0.15) is 29.3 Å². The zero-order valence-corrected chi connectivity index (χ0v) is 17.8. The Hall–Kier alpha value is -2.71. The Balaban J connectivity index is 1.28. The molecule has 0 radical (unpaired) electrons. The molecule has 0 saturated heterocycles. The number of rotatable bonds is 7. The summed E-state index contributed by atoms with van der Waals surface area (Å²) in [6, 6.07) is 14.0. The summed E-state index contributed by atoms with van der Waals surface area (Å²) in [4.78, 5) is 21.2. The average molecular weight is 425 g/mol. The van der Waals surface area contributed by atoms with Crippen molar-refractivity contribution in [2.75, 3.05) is 5.32 Å². The number of thioether (sulfide) groups is 1. The number of nitrogens with one attached hydrogen (secondary N) is 1. The minimum Gasteiger partial charge on any atom is -0.339 e. The summed E-state index contributed by atoms with van der Waals surface area (Å²) >= 11 is 3.24. The van der Waals surface area contributed by atoms with Gasteiger partial charge in [0.05, 0.1) is 16.0 Å². The van der Waals surface area contributed by atoms with Crippen molar-refractivity contribution >= 4 is 44.9 Å². The third kappa shape index (κ3) is 5.02. The molecule has 0 aliphatic carbocycles. The highest BCUT2D eigenvalue weighted by Gasteiger charge is 2.12. The molecule has 2 aromatic heterocycles. The largest absolute Gasteiger partial charge is 0.339 e. The number of para-hydroxylation sites is 1. The Morgan fingerprint density at radius 2 is 2.03 bits per heavy atom. The number of fused-ring (bicyclic) bond motifs is 1. The van der Waals surface area contributed by atoms with Gasteiger partial charge in [-0.3, -0.25) is 4.79 Å². The van der Waals surface area contributed by atoms with E-state index >= 15 is 0 Å². The third-order valence-electron chi connectivity index (χ3n) is 4.33. The van der Waals surface area contributed by atoms with E-state index in [1.54, 1.807) is 23.1 Å². The van der Waals surface area contributed by atoms with Crippen LogP contribution >= 0.6 is 23.1 Å². The molecule has 2 aromatic carbocycles. The molecule has 2 heterocycles. The highest BCUT2D eigenvalue weighted by atomic mass is 32.2. The number of carbonyl (C=O) groups is 1. The maximum Gasteiger partial charge on any atom is 0.227 e. The average Bonchev–Trinajstić information content (AvgIpc) is 3.33. The molecule has 29 heavy (non-hydrogen) atoms. The van der Waals surface area contributed by atoms with Crippen LogP contribution in [0.25, 0.3) is 10.2 Å². The summed E-state index contributed by atoms with van der Waals surface area (Å²) < 4.78 is 7.42. The van der Waals surface area contributed by atoms with Crippen molar-refractivity contribution in [1.29, 1.82) is 0 Å². The lowest BCUT2D eigenvalue weighted by Gasteiger charge is -2.08. The van der Waals surface area contributed by atoms with Gasteiger partial charge in [-0.05, 0) is 37.6 Å². The van der Waals surface area contributed by atoms with E-state index < -0.39 is 0 Å². The number of aromatic nitrogens is 3. The van der Waals surface area contributed by atoms with Crippen LogP contribution in [0.3, 0.4) is 0 Å². The van der Waals surface area contributed by atoms with Crippen LogP contribution in [0.5, 0.6) is 0 Å². The first kappa shape index (κ1) is 19.6. The standard InChI is InChI=1S/C21H20N4O2S2/c1-13-7-8-15(14(2)11-13)22-19(26)9-10-20-24-18(25-27-20)12-28-21-23-16-5-3-4-6-17(16)29-21/h3-8,11H,9-10,12H2,1-2H3,(H,22,26). The van der Waals surface area contributed by atoms with E-state index in [1.165, 1.54) is 10.3 Å². The minimum absolute atomic E-state index is 0.0689. The Morgan fingerprint density at radius 3 is 2.86 bits per heavy atom. The quantitative estimate of drug-likeness (QED) is 0.413. The number of hydrogen-bond acceptors (Lipinski definition) is 7. The van der Waals surface area contributed by atoms with Crippen molar-refractivity contribution < 1.29 is 9.32 Å². The molecule has 1 N–H and O–H groups in total. The lowest BCUT2D eigenvalue weighted by Crippen LogP contribution is -2.13. The summed E-state index contributed by atoms with van der Waals surface area (Å²) in [7, 11) is 0. The molecule has 0 fully saturated rings. The summed E-state index contributed by atoms with van der Waals surface area (Å²) in [5.41, 5.74) is 4.05. The van der Waals surface area contributed by atoms with Crippen LogP contribution in [0.2, 0.25) is 0 Å². The maximum absolute atomic E-state index is 12.2. The van der Waals surface area contributed by atoms with Gasteiger partial charge in [-0.25, -0.2) is 4.98 Å². The lowest BCUT2D eigenvalue weighted by atomic mass is 10.1. The first-order valence-corrected chi connectivity index (χ1v) is 11.0. The molecule has 6 nitrogen and oxygen atoms in total. The van der Waals surface area contributed by atoms with Gasteiger partial charge in [0.25, 0.3) is 0 Å². The first-order chi connectivity index (χ1) is 14.1. The Bertz CT molecular complexity index is 1120. The van der Waals surface area contributed by atoms with Crippen molar-refractivity contribution in [2.24, 2.45) is 0 Å². The summed E-state index contributed by atoms with van der Waals surface area (Å²) in [5.74, 6) is 1.60. The number of amides is 1. The van der Waals surface area contributed by atoms with Crippen LogP contribution in [0.15, 0.2) is 51.3 Å². The zero-order chi connectivity index (χ0) is 20.2. The van der Waals surface area contributed by atoms with Gasteiger partial charge in [-0.15, -0.1) is 11.3 Å². The van der Waals surface area contributed by atoms with Gasteiger partial charge in [-0.1, -0.05) is 46.7 Å². The molecule has 0 aliphatic rings. The van der Waals surface area contributed by atoms with Gasteiger partial charge in [0.15, 0.2) is 10.2 Å². The van der Waals surface area contributed by atoms with Gasteiger partial charge >= 0.3 is 0 Å². The predicted octanol–water partition coefficient (Wildman–Crippen LogP) is 5.16. The monoisotopic (exact) mass is 424 g/mol. The fourth-order valence-electron chi connectivity index (χ4n) is 2.88. The fourth-order valence-corrected chi connectivity index (χ4v) is 4.79. The summed E-state index contributed by atoms with van der Waals surface area (Å²) in [6.45, 7) is 4.01. The van der Waals surface area contributed by atoms with Crippen LogP contribution in [0, 0.1) is 13.8 Å². The molecular formula is C21H20N4O2S2. The van der Waals surface area contributed by atoms with E-state index in [-0.39, 0.29) is 5.91 Å². The number of benzene rings is 2. The third-order valence-corrected chi connectivity index (χ3v) is 6.51. The SMILES string of the molecule is Cc1ccc(NC(=O)CCc2nc(CSc3nc4ccccc4s3)no2)c(C)c1. The van der Waals surface area contributed by atoms with Crippen molar-refractivity contribution in [1.82, 2.24) is 15.1 Å². The van der Waals surface area contributed by atoms with E-state index in [0.717, 1.165) is 21.1 Å². The Labute approximate surface area is 176 Å². The summed E-state index contributed by atoms with van der Waals surface area (Å²) in [5, 5.41) is 6.94. The molecule has 0 aliphatic heterocycles. The van der Waals surface area contributed by atoms with Crippen LogP contribution in [-0.2, 0) is 17.0 Å². The number of anilines is 1. The van der Waals surface area contributed by atoms with Gasteiger partial charge in [0, 0.05) is 18.5 Å². The molecule has 0 atom stereocenters. The van der Waals surface area contributed by atoms with E-state index in [0.29, 0.717) is 30.3 Å². The smallest absolute Gasteiger partial charge is 0.227 e. The van der Waals surface area contributed by atoms with E-state index in [2.05, 4.69) is 26.5 Å². The second kappa shape index (κ2) is 8.75. The molecule has 1 amide bonds. The molecule has 4 aromatic rings. The highest BCUT2D eigenvalue weighted by molar-refractivity contribution is 8.00. The number of thiazole rings is 1. The van der Waals surface area contributed by atoms with Gasteiger partial charge < -0.3 is 9.84 Å². The van der Waals surface area contributed by atoms with Gasteiger partial charge in [-0.2, -0.15) is 4.98 Å². The number of aryl methyl sites for hydroxylation is 3. The maximum atomic E-state index is 12.2. The Morgan fingerprint density at radius 1 is 1.17 bits per heavy atom. The van der Waals surface area contributed by atoms with Crippen LogP contribution in [0.4, 0.5) is 5.69 Å². The fraction of sp³-hybridized carbons (Fsp3) is 0.238. The Kier molecular flexibility index (Phi) is 5.92. The zero-order valence-electron chi connectivity index (χ0n) is 16.1. The van der Waals surface area contributed by atoms with Crippen LogP contribution < -0.4 is 5.32 Å². The summed E-state index contributed by atoms with van der Waals surface area (Å²) in [6.07, 6.45) is 0.704. The second-order valence-electron chi connectivity index (χ2n) is 6.71. The molecule has 148 valence electrons. The normalized spacial score (nSPS) is 11.1. The highest BCUT2D eigenvalue weighted by Crippen LogP contribution is 2.30. The van der Waals surface area contributed by atoms with E-state index in [9.17, 15) is 4.79 Å². The second-order valence-corrected chi connectivity index (χ2v) is 8.96. The first-order valence-electron chi connectivity index (χ1n) is 9.24. The number of carbonyl (C=O) groups excluding carboxylic acids is 1. The molecule has 0 unspecified atom stereocenters. The minimum atomic E-state index is -0.0689. The topological polar surface area (TPSA) is 80.9 Å². The molecule has 4 rings (SSSR count). The van der Waals surface area contributed by atoms with Crippen molar-refractivity contribution in [2.45, 2.75) is 36.8 Å². The molecule has 8 heteroatoms. The lowest BCUT2D eigenvalue weighted by molar-refractivity contribution is -0.116. The van der Waals surface area contributed by atoms with Crippen molar-refractivity contribution in [3.63, 3.8) is 0 Å². The van der Waals surface area contributed by atoms with Gasteiger partial charge in [0.1, 0.15) is 0 Å². The number of hydrogen-bond donors (Lipinski definition) is 1. The molecular weight excluding hydrogens is 404 g/mol. The van der Waals surface area contributed by atoms with E-state index in [1.807, 2.05) is 50.2 Å². The van der Waals surface area contributed by atoms with Gasteiger partial charge in [0.2, 0.25) is 11.8 Å². The molecule has 0 spiro atoms. The van der Waals surface area contributed by atoms with Crippen LogP contribution in [-0.4, -0.2) is 21.0 Å². The number of nitrogens with zero attached hydrogens (tertiary/aromatic N) is 3. The molecule has 0 saturated carbocycles. The van der Waals surface area contributed by atoms with E-state index in [4.69, 9.17) is 4.52 Å². The predicted molar refractivity (Wildman–Crippen MR) is 116 cm³/mol.